The Bertz CT molecular complexity index is 1340. The monoisotopic (exact) mass is 499 g/mol. The van der Waals surface area contributed by atoms with Crippen molar-refractivity contribution in [2.75, 3.05) is 26.7 Å². The Morgan fingerprint density at radius 2 is 1.89 bits per heavy atom. The van der Waals surface area contributed by atoms with E-state index in [1.54, 1.807) is 23.5 Å². The maximum Gasteiger partial charge on any atom is 0.257 e. The Balaban J connectivity index is 1.14. The molecular formula is C28H29N5O2S. The smallest absolute Gasteiger partial charge is 0.257 e. The fourth-order valence-electron chi connectivity index (χ4n) is 5.21. The number of nitrogens with one attached hydrogen (secondary N) is 1. The van der Waals surface area contributed by atoms with Crippen LogP contribution in [0.4, 0.5) is 0 Å². The fourth-order valence-corrected chi connectivity index (χ4v) is 5.93. The van der Waals surface area contributed by atoms with Gasteiger partial charge in [-0.1, -0.05) is 30.3 Å². The largest absolute Gasteiger partial charge is 0.497 e. The van der Waals surface area contributed by atoms with E-state index in [0.717, 1.165) is 64.7 Å². The van der Waals surface area contributed by atoms with Crippen molar-refractivity contribution in [2.45, 2.75) is 31.2 Å². The number of aromatic nitrogens is 2. The number of amides is 1. The van der Waals surface area contributed by atoms with Gasteiger partial charge < -0.3 is 9.72 Å². The van der Waals surface area contributed by atoms with E-state index in [0.29, 0.717) is 18.9 Å². The van der Waals surface area contributed by atoms with E-state index in [4.69, 9.17) is 14.8 Å². The minimum absolute atomic E-state index is 0.0459. The van der Waals surface area contributed by atoms with Crippen LogP contribution in [0.5, 0.6) is 5.75 Å². The lowest BCUT2D eigenvalue weighted by Crippen LogP contribution is -2.41. The van der Waals surface area contributed by atoms with Gasteiger partial charge in [0.15, 0.2) is 0 Å². The number of methoxy groups -OCH3 is 1. The van der Waals surface area contributed by atoms with Crippen molar-refractivity contribution in [3.05, 3.63) is 82.3 Å². The molecule has 36 heavy (non-hydrogen) atoms. The number of piperidine rings is 1. The van der Waals surface area contributed by atoms with Crippen LogP contribution in [0.25, 0.3) is 11.0 Å². The van der Waals surface area contributed by atoms with Gasteiger partial charge in [0.25, 0.3) is 5.91 Å². The molecule has 1 amide bonds. The number of carbonyl (C=O) groups excluding carboxylic acids is 1. The molecule has 1 saturated heterocycles. The predicted octanol–water partition coefficient (Wildman–Crippen LogP) is 5.19. The Morgan fingerprint density at radius 3 is 2.61 bits per heavy atom. The van der Waals surface area contributed by atoms with Crippen molar-refractivity contribution in [1.82, 2.24) is 19.9 Å². The molecule has 0 aliphatic carbocycles. The number of hydrogen-bond donors (Lipinski definition) is 1. The first-order valence-electron chi connectivity index (χ1n) is 12.4. The molecular weight excluding hydrogens is 470 g/mol. The zero-order chi connectivity index (χ0) is 24.5. The standard InChI is InChI=1S/C28H29N5O2S/c1-35-21-10-8-19(9-11-21)25-17-24(26-7-4-16-36-26)31-33(25)27(34)18-32-14-12-20(13-15-32)28-29-22-5-2-3-6-23(22)30-28/h2-11,16,20,25H,12-15,17-18H2,1H3,(H,29,30)/t25-/m0/s1. The van der Waals surface area contributed by atoms with Crippen LogP contribution in [-0.4, -0.2) is 58.2 Å². The Kier molecular flexibility index (Phi) is 6.29. The minimum Gasteiger partial charge on any atom is -0.497 e. The van der Waals surface area contributed by atoms with Gasteiger partial charge in [-0.25, -0.2) is 9.99 Å². The van der Waals surface area contributed by atoms with Crippen molar-refractivity contribution in [1.29, 1.82) is 0 Å². The molecule has 0 saturated carbocycles. The lowest BCUT2D eigenvalue weighted by molar-refractivity contribution is -0.134. The molecule has 0 radical (unpaired) electrons. The van der Waals surface area contributed by atoms with Crippen LogP contribution in [0.2, 0.25) is 0 Å². The molecule has 4 heterocycles. The van der Waals surface area contributed by atoms with E-state index in [1.165, 1.54) is 0 Å². The average Bonchev–Trinajstić information content (AvgIpc) is 3.68. The number of carbonyl (C=O) groups is 1. The molecule has 0 unspecified atom stereocenters. The third-order valence-electron chi connectivity index (χ3n) is 7.21. The summed E-state index contributed by atoms with van der Waals surface area (Å²) in [6.07, 6.45) is 2.68. The average molecular weight is 500 g/mol. The Morgan fingerprint density at radius 1 is 1.08 bits per heavy atom. The second-order valence-corrected chi connectivity index (χ2v) is 10.4. The van der Waals surface area contributed by atoms with E-state index in [9.17, 15) is 4.79 Å². The number of hydrazone groups is 1. The van der Waals surface area contributed by atoms with Gasteiger partial charge in [-0.15, -0.1) is 11.3 Å². The summed E-state index contributed by atoms with van der Waals surface area (Å²) in [7, 11) is 1.66. The SMILES string of the molecule is COc1ccc([C@@H]2CC(c3cccs3)=NN2C(=O)CN2CCC(c3nc4ccccc4[nH]3)CC2)cc1. The van der Waals surface area contributed by atoms with Crippen molar-refractivity contribution in [2.24, 2.45) is 5.10 Å². The quantitative estimate of drug-likeness (QED) is 0.396. The lowest BCUT2D eigenvalue weighted by Gasteiger charge is -2.32. The number of hydrogen-bond acceptors (Lipinski definition) is 6. The van der Waals surface area contributed by atoms with Gasteiger partial charge >= 0.3 is 0 Å². The van der Waals surface area contributed by atoms with E-state index in [-0.39, 0.29) is 11.9 Å². The maximum atomic E-state index is 13.5. The van der Waals surface area contributed by atoms with Gasteiger partial charge in [-0.2, -0.15) is 5.10 Å². The summed E-state index contributed by atoms with van der Waals surface area (Å²) in [6, 6.07) is 20.1. The first-order valence-corrected chi connectivity index (χ1v) is 13.3. The molecule has 2 aliphatic rings. The van der Waals surface area contributed by atoms with Gasteiger partial charge in [0.2, 0.25) is 0 Å². The summed E-state index contributed by atoms with van der Waals surface area (Å²) >= 11 is 1.66. The maximum absolute atomic E-state index is 13.5. The van der Waals surface area contributed by atoms with Gasteiger partial charge in [0.05, 0.1) is 41.3 Å². The second-order valence-electron chi connectivity index (χ2n) is 9.44. The molecule has 6 rings (SSSR count). The van der Waals surface area contributed by atoms with E-state index >= 15 is 0 Å². The molecule has 1 N–H and O–H groups in total. The summed E-state index contributed by atoms with van der Waals surface area (Å²) in [5, 5.41) is 8.58. The summed E-state index contributed by atoms with van der Waals surface area (Å²) in [5.74, 6) is 2.31. The molecule has 2 aliphatic heterocycles. The molecule has 1 atom stereocenters. The Labute approximate surface area is 214 Å². The number of aromatic amines is 1. The first-order chi connectivity index (χ1) is 17.7. The van der Waals surface area contributed by atoms with Crippen LogP contribution in [0.15, 0.2) is 71.1 Å². The number of imidazole rings is 1. The number of H-pyrrole nitrogens is 1. The molecule has 4 aromatic rings. The number of para-hydroxylation sites is 2. The number of likely N-dealkylation sites (tertiary alicyclic amines) is 1. The molecule has 1 fully saturated rings. The van der Waals surface area contributed by atoms with E-state index in [1.807, 2.05) is 48.5 Å². The number of ether oxygens (including phenoxy) is 1. The summed E-state index contributed by atoms with van der Waals surface area (Å²) in [5.41, 5.74) is 4.15. The number of thiophene rings is 1. The lowest BCUT2D eigenvalue weighted by atomic mass is 9.96. The highest BCUT2D eigenvalue weighted by molar-refractivity contribution is 7.12. The highest BCUT2D eigenvalue weighted by Gasteiger charge is 2.35. The fraction of sp³-hybridized carbons (Fsp3) is 0.321. The number of benzene rings is 2. The number of rotatable bonds is 6. The molecule has 2 aromatic carbocycles. The summed E-state index contributed by atoms with van der Waals surface area (Å²) < 4.78 is 5.32. The first kappa shape index (κ1) is 22.9. The molecule has 184 valence electrons. The molecule has 7 nitrogen and oxygen atoms in total. The zero-order valence-electron chi connectivity index (χ0n) is 20.3. The predicted molar refractivity (Wildman–Crippen MR) is 143 cm³/mol. The van der Waals surface area contributed by atoms with Crippen molar-refractivity contribution >= 4 is 34.0 Å². The molecule has 2 aromatic heterocycles. The highest BCUT2D eigenvalue weighted by Crippen LogP contribution is 2.35. The summed E-state index contributed by atoms with van der Waals surface area (Å²) in [4.78, 5) is 25.2. The number of nitrogens with zero attached hydrogens (tertiary/aromatic N) is 4. The highest BCUT2D eigenvalue weighted by atomic mass is 32.1. The van der Waals surface area contributed by atoms with Crippen LogP contribution in [0.3, 0.4) is 0 Å². The third kappa shape index (κ3) is 4.54. The van der Waals surface area contributed by atoms with Crippen molar-refractivity contribution in [3.63, 3.8) is 0 Å². The number of fused-ring (bicyclic) bond motifs is 1. The van der Waals surface area contributed by atoms with Gasteiger partial charge in [0.1, 0.15) is 11.6 Å². The molecule has 0 bridgehead atoms. The normalized spacial score (nSPS) is 19.1. The zero-order valence-corrected chi connectivity index (χ0v) is 21.1. The van der Waals surface area contributed by atoms with Crippen LogP contribution in [0.1, 0.15) is 47.5 Å². The summed E-state index contributed by atoms with van der Waals surface area (Å²) in [6.45, 7) is 2.12. The minimum atomic E-state index is -0.103. The third-order valence-corrected chi connectivity index (χ3v) is 8.13. The van der Waals surface area contributed by atoms with Gasteiger partial charge in [-0.3, -0.25) is 9.69 Å². The van der Waals surface area contributed by atoms with Gasteiger partial charge in [-0.05, 0) is 67.2 Å². The van der Waals surface area contributed by atoms with Crippen molar-refractivity contribution < 1.29 is 9.53 Å². The van der Waals surface area contributed by atoms with Crippen LogP contribution in [-0.2, 0) is 4.79 Å². The van der Waals surface area contributed by atoms with Crippen molar-refractivity contribution in [3.8, 4) is 5.75 Å². The van der Waals surface area contributed by atoms with E-state index < -0.39 is 0 Å². The molecule has 0 spiro atoms. The van der Waals surface area contributed by atoms with Crippen LogP contribution >= 0.6 is 11.3 Å². The van der Waals surface area contributed by atoms with Gasteiger partial charge in [0, 0.05) is 12.3 Å². The Hall–Kier alpha value is -3.49. The topological polar surface area (TPSA) is 73.8 Å². The van der Waals surface area contributed by atoms with E-state index in [2.05, 4.69) is 27.4 Å². The molecule has 8 heteroatoms. The van der Waals surface area contributed by atoms with Crippen LogP contribution < -0.4 is 4.74 Å². The van der Waals surface area contributed by atoms with Crippen LogP contribution in [0, 0.1) is 0 Å². The second kappa shape index (κ2) is 9.87.